The van der Waals surface area contributed by atoms with Crippen LogP contribution in [0.15, 0.2) is 425 Å². The van der Waals surface area contributed by atoms with E-state index in [1.807, 2.05) is 6.07 Å². The standard InChI is InChI=1S/C54H34N2.2C32H24O2/c1-2-12-46-44(40-24-22-38-34-42(28-26-36(38)32-40)56-53-19-9-5-15-49(53)50-16-6-10-20-54(50)56)30-29-43(45(46)11-1)39-23-21-37-33-41(27-25-35(37)31-39)55-51-17-7-3-13-47(51)48-14-4-8-18-52(48)55;1-33-31-19-17-27(23-11-5-7-13-29(23)31)25-15-16-26(22-10-4-3-9-21(22)25)28-18-20-32(34-2)30-14-8-6-12-24(28)30;1-33-24-14-13-21-19-23(12-11-22(21)20-24)25-15-16-29(27-8-4-3-7-26(25)27)30-17-18-32(34-2)31-10-6-5-9-28(30)31/h1-34H;2*3-20H,1-2H3. The van der Waals surface area contributed by atoms with Crippen molar-refractivity contribution in [1.82, 2.24) is 9.13 Å². The quantitative estimate of drug-likeness (QED) is 0.122. The maximum Gasteiger partial charge on any atom is 0.126 e. The Morgan fingerprint density at radius 2 is 0.363 bits per heavy atom. The van der Waals surface area contributed by atoms with Crippen LogP contribution >= 0.6 is 0 Å². The number of methoxy groups -OCH3 is 4. The smallest absolute Gasteiger partial charge is 0.126 e. The van der Waals surface area contributed by atoms with Gasteiger partial charge < -0.3 is 28.1 Å². The van der Waals surface area contributed by atoms with Gasteiger partial charge in [0, 0.05) is 49.1 Å². The first kappa shape index (κ1) is 74.3. The van der Waals surface area contributed by atoms with Crippen LogP contribution in [0.1, 0.15) is 0 Å². The molecule has 2 heterocycles. The number of fused-ring (bicyclic) bond motifs is 15. The lowest BCUT2D eigenvalue weighted by molar-refractivity contribution is 0.415. The second kappa shape index (κ2) is 31.3. The predicted molar refractivity (Wildman–Crippen MR) is 524 cm³/mol. The van der Waals surface area contributed by atoms with Gasteiger partial charge in [0.05, 0.1) is 50.5 Å². The summed E-state index contributed by atoms with van der Waals surface area (Å²) >= 11 is 0. The van der Waals surface area contributed by atoms with Gasteiger partial charge in [0.25, 0.3) is 0 Å². The van der Waals surface area contributed by atoms with E-state index in [0.717, 1.165) is 39.2 Å². The number of ether oxygens (including phenoxy) is 4. The van der Waals surface area contributed by atoms with E-state index in [-0.39, 0.29) is 0 Å². The lowest BCUT2D eigenvalue weighted by atomic mass is 9.88. The summed E-state index contributed by atoms with van der Waals surface area (Å²) in [6.07, 6.45) is 0. The van der Waals surface area contributed by atoms with Crippen LogP contribution in [0.4, 0.5) is 0 Å². The van der Waals surface area contributed by atoms with Crippen LogP contribution in [-0.2, 0) is 0 Å². The molecule has 0 radical (unpaired) electrons. The van der Waals surface area contributed by atoms with Gasteiger partial charge in [0.2, 0.25) is 0 Å². The average molecular weight is 1590 g/mol. The third-order valence-electron chi connectivity index (χ3n) is 25.3. The molecule has 0 unspecified atom stereocenters. The summed E-state index contributed by atoms with van der Waals surface area (Å²) in [6.45, 7) is 0. The van der Waals surface area contributed by atoms with Gasteiger partial charge >= 0.3 is 0 Å². The topological polar surface area (TPSA) is 46.8 Å². The van der Waals surface area contributed by atoms with Crippen molar-refractivity contribution >= 4 is 141 Å². The van der Waals surface area contributed by atoms with Crippen LogP contribution < -0.4 is 18.9 Å². The fraction of sp³-hybridized carbons (Fsp3) is 0.0339. The van der Waals surface area contributed by atoms with Crippen LogP contribution in [-0.4, -0.2) is 37.6 Å². The minimum atomic E-state index is 0.877. The number of hydrogen-bond acceptors (Lipinski definition) is 4. The number of benzene rings is 22. The Morgan fingerprint density at radius 3 is 0.645 bits per heavy atom. The molecule has 0 aliphatic heterocycles. The molecule has 0 aliphatic carbocycles. The highest BCUT2D eigenvalue weighted by molar-refractivity contribution is 6.17. The van der Waals surface area contributed by atoms with Gasteiger partial charge in [0.15, 0.2) is 0 Å². The lowest BCUT2D eigenvalue weighted by Gasteiger charge is -2.16. The molecule has 0 atom stereocenters. The van der Waals surface area contributed by atoms with Crippen molar-refractivity contribution in [3.8, 4) is 101 Å². The van der Waals surface area contributed by atoms with Crippen LogP contribution in [0.2, 0.25) is 0 Å². The minimum Gasteiger partial charge on any atom is -0.497 e. The van der Waals surface area contributed by atoms with Crippen LogP contribution in [0.5, 0.6) is 23.0 Å². The SMILES string of the molecule is COc1ccc(-c2ccc(-c3ccc(OC)c4ccccc34)c3ccccc23)c2ccccc12.COc1ccc2cc(-c3ccc(-c4ccc(OC)c5ccccc45)c4ccccc34)ccc2c1.c1ccc2c(-c3ccc4cc(-n5c6ccccc6c6ccccc65)ccc4c3)ccc(-c3ccc4cc(-n5c6ccccc6c6ccccc65)ccc4c3)c2c1. The first-order chi connectivity index (χ1) is 61.3. The van der Waals surface area contributed by atoms with E-state index in [4.69, 9.17) is 18.9 Å². The Bertz CT molecular complexity index is 7930. The first-order valence-corrected chi connectivity index (χ1v) is 42.2. The molecule has 24 aromatic rings. The fourth-order valence-electron chi connectivity index (χ4n) is 19.4. The molecular formula is C118H82N2O4. The summed E-state index contributed by atoms with van der Waals surface area (Å²) in [6, 6.07) is 153. The van der Waals surface area contributed by atoms with Gasteiger partial charge in [-0.25, -0.2) is 0 Å². The Labute approximate surface area is 718 Å². The number of nitrogens with zero attached hydrogens (tertiary/aromatic N) is 2. The van der Waals surface area contributed by atoms with Gasteiger partial charge in [-0.2, -0.15) is 0 Å². The molecule has 0 aliphatic rings. The molecule has 22 aromatic carbocycles. The molecule has 2 aromatic heterocycles. The van der Waals surface area contributed by atoms with Gasteiger partial charge in [-0.3, -0.25) is 0 Å². The summed E-state index contributed by atoms with van der Waals surface area (Å²) in [4.78, 5) is 0. The zero-order valence-corrected chi connectivity index (χ0v) is 68.9. The van der Waals surface area contributed by atoms with Gasteiger partial charge in [-0.1, -0.05) is 328 Å². The third kappa shape index (κ3) is 12.8. The molecular weight excluding hydrogens is 1510 g/mol. The van der Waals surface area contributed by atoms with Gasteiger partial charge in [-0.15, -0.1) is 0 Å². The molecule has 0 bridgehead atoms. The lowest BCUT2D eigenvalue weighted by Crippen LogP contribution is -1.94. The van der Waals surface area contributed by atoms with Crippen molar-refractivity contribution in [1.29, 1.82) is 0 Å². The molecule has 24 rings (SSSR count). The zero-order valence-electron chi connectivity index (χ0n) is 68.9. The molecule has 0 saturated heterocycles. The second-order valence-corrected chi connectivity index (χ2v) is 31.9. The number of aromatic nitrogens is 2. The largest absolute Gasteiger partial charge is 0.497 e. The highest BCUT2D eigenvalue weighted by atomic mass is 16.5. The summed E-state index contributed by atoms with van der Waals surface area (Å²) < 4.78 is 27.1. The maximum absolute atomic E-state index is 5.63. The van der Waals surface area contributed by atoms with Crippen LogP contribution in [0, 0.1) is 0 Å². The Kier molecular flexibility index (Phi) is 18.7. The zero-order chi connectivity index (χ0) is 82.9. The summed E-state index contributed by atoms with van der Waals surface area (Å²) in [7, 11) is 6.89. The van der Waals surface area contributed by atoms with Crippen molar-refractivity contribution < 1.29 is 18.9 Å². The Morgan fingerprint density at radius 1 is 0.153 bits per heavy atom. The number of hydrogen-bond donors (Lipinski definition) is 0. The molecule has 6 nitrogen and oxygen atoms in total. The highest BCUT2D eigenvalue weighted by Crippen LogP contribution is 2.47. The normalized spacial score (nSPS) is 11.5. The van der Waals surface area contributed by atoms with E-state index in [0.29, 0.717) is 0 Å². The van der Waals surface area contributed by atoms with E-state index in [9.17, 15) is 0 Å². The van der Waals surface area contributed by atoms with E-state index < -0.39 is 0 Å². The second-order valence-electron chi connectivity index (χ2n) is 31.9. The Hall–Kier alpha value is -16.0. The predicted octanol–water partition coefficient (Wildman–Crippen LogP) is 31.7. The van der Waals surface area contributed by atoms with Gasteiger partial charge in [0.1, 0.15) is 23.0 Å². The van der Waals surface area contributed by atoms with E-state index >= 15 is 0 Å². The van der Waals surface area contributed by atoms with E-state index in [2.05, 4.69) is 428 Å². The third-order valence-corrected chi connectivity index (χ3v) is 25.3. The molecule has 0 spiro atoms. The first-order valence-electron chi connectivity index (χ1n) is 42.2. The van der Waals surface area contributed by atoms with Crippen molar-refractivity contribution in [2.45, 2.75) is 0 Å². The van der Waals surface area contributed by atoms with Crippen molar-refractivity contribution in [3.63, 3.8) is 0 Å². The maximum atomic E-state index is 5.63. The minimum absolute atomic E-state index is 0.877. The van der Waals surface area contributed by atoms with Crippen LogP contribution in [0.25, 0.3) is 219 Å². The summed E-state index contributed by atoms with van der Waals surface area (Å²) in [5, 5.41) is 26.8. The molecule has 6 heteroatoms. The van der Waals surface area contributed by atoms with Crippen LogP contribution in [0.3, 0.4) is 0 Å². The average Bonchev–Trinajstić information content (AvgIpc) is 1.44. The Balaban J connectivity index is 0.000000117. The molecule has 588 valence electrons. The van der Waals surface area contributed by atoms with Crippen molar-refractivity contribution in [2.24, 2.45) is 0 Å². The fourth-order valence-corrected chi connectivity index (χ4v) is 19.4. The molecule has 0 amide bonds. The van der Waals surface area contributed by atoms with Crippen molar-refractivity contribution in [3.05, 3.63) is 425 Å². The monoisotopic (exact) mass is 1590 g/mol. The van der Waals surface area contributed by atoms with Crippen molar-refractivity contribution in [2.75, 3.05) is 28.4 Å². The number of rotatable bonds is 12. The summed E-state index contributed by atoms with van der Waals surface area (Å²) in [5.74, 6) is 3.56. The van der Waals surface area contributed by atoms with E-state index in [1.165, 1.54) is 203 Å². The number of para-hydroxylation sites is 4. The molecule has 0 saturated carbocycles. The van der Waals surface area contributed by atoms with Gasteiger partial charge in [-0.05, 0) is 245 Å². The highest BCUT2D eigenvalue weighted by Gasteiger charge is 2.21. The van der Waals surface area contributed by atoms with E-state index in [1.54, 1.807) is 28.4 Å². The molecule has 124 heavy (non-hydrogen) atoms. The molecule has 0 N–H and O–H groups in total. The molecule has 0 fully saturated rings. The summed E-state index contributed by atoms with van der Waals surface area (Å²) in [5.41, 5.74) is 21.9.